The lowest BCUT2D eigenvalue weighted by Gasteiger charge is -2.16. The summed E-state index contributed by atoms with van der Waals surface area (Å²) in [4.78, 5) is 24.4. The zero-order chi connectivity index (χ0) is 13.8. The molecule has 2 heterocycles. The zero-order valence-electron chi connectivity index (χ0n) is 9.78. The highest BCUT2D eigenvalue weighted by atomic mass is 32.1. The molecule has 0 bridgehead atoms. The highest BCUT2D eigenvalue weighted by molar-refractivity contribution is 7.10. The largest absolute Gasteiger partial charge is 0.479 e. The number of carbonyl (C=O) groups is 2. The van der Waals surface area contributed by atoms with E-state index in [9.17, 15) is 9.59 Å². The van der Waals surface area contributed by atoms with Gasteiger partial charge in [0.15, 0.2) is 6.04 Å². The fourth-order valence-corrected chi connectivity index (χ4v) is 3.03. The summed E-state index contributed by atoms with van der Waals surface area (Å²) in [5.74, 6) is -1.60. The van der Waals surface area contributed by atoms with Crippen LogP contribution in [0.1, 0.15) is 21.8 Å². The smallest absolute Gasteiger partial charge is 0.331 e. The van der Waals surface area contributed by atoms with Crippen molar-refractivity contribution in [1.29, 1.82) is 0 Å². The molecule has 19 heavy (non-hydrogen) atoms. The van der Waals surface area contributed by atoms with Gasteiger partial charge in [0.05, 0.1) is 0 Å². The third kappa shape index (κ3) is 3.19. The number of nitrogens with two attached hydrogens (primary N) is 1. The number of nitrogens with one attached hydrogen (secondary N) is 1. The van der Waals surface area contributed by atoms with E-state index in [1.165, 1.54) is 22.7 Å². The molecular formula is C12H12N2O3S2. The van der Waals surface area contributed by atoms with E-state index in [1.54, 1.807) is 29.6 Å². The number of rotatable bonds is 5. The van der Waals surface area contributed by atoms with Gasteiger partial charge >= 0.3 is 5.97 Å². The van der Waals surface area contributed by atoms with Crippen LogP contribution in [0.2, 0.25) is 0 Å². The van der Waals surface area contributed by atoms with Gasteiger partial charge in [-0.1, -0.05) is 12.1 Å². The lowest BCUT2D eigenvalue weighted by atomic mass is 10.2. The SMILES string of the molecule is NC(C(=O)NC(C(=O)O)c1cccs1)c1cccs1. The molecule has 0 saturated carbocycles. The Bertz CT molecular complexity index is 552. The molecule has 100 valence electrons. The number of carboxylic acids is 1. The van der Waals surface area contributed by atoms with Crippen LogP contribution in [0.3, 0.4) is 0 Å². The van der Waals surface area contributed by atoms with Crippen molar-refractivity contribution in [3.63, 3.8) is 0 Å². The Morgan fingerprint density at radius 1 is 1.16 bits per heavy atom. The first-order valence-corrected chi connectivity index (χ1v) is 7.21. The highest BCUT2D eigenvalue weighted by Crippen LogP contribution is 2.22. The Kier molecular flexibility index (Phi) is 4.31. The van der Waals surface area contributed by atoms with Crippen LogP contribution < -0.4 is 11.1 Å². The lowest BCUT2D eigenvalue weighted by molar-refractivity contribution is -0.142. The molecule has 7 heteroatoms. The summed E-state index contributed by atoms with van der Waals surface area (Å²) in [6.07, 6.45) is 0. The van der Waals surface area contributed by atoms with E-state index in [2.05, 4.69) is 5.32 Å². The van der Waals surface area contributed by atoms with Crippen LogP contribution in [0.4, 0.5) is 0 Å². The quantitative estimate of drug-likeness (QED) is 0.783. The van der Waals surface area contributed by atoms with Crippen molar-refractivity contribution >= 4 is 34.6 Å². The molecule has 0 saturated heterocycles. The molecule has 1 amide bonds. The first kappa shape index (κ1) is 13.7. The van der Waals surface area contributed by atoms with Gasteiger partial charge in [-0.15, -0.1) is 22.7 Å². The summed E-state index contributed by atoms with van der Waals surface area (Å²) in [6.45, 7) is 0. The minimum atomic E-state index is -1.10. The van der Waals surface area contributed by atoms with Crippen LogP contribution in [-0.4, -0.2) is 17.0 Å². The van der Waals surface area contributed by atoms with E-state index in [0.717, 1.165) is 0 Å². The van der Waals surface area contributed by atoms with E-state index < -0.39 is 24.0 Å². The maximum absolute atomic E-state index is 12.0. The molecule has 0 aliphatic heterocycles. The summed E-state index contributed by atoms with van der Waals surface area (Å²) in [5, 5.41) is 15.2. The monoisotopic (exact) mass is 296 g/mol. The number of aliphatic carboxylic acids is 1. The van der Waals surface area contributed by atoms with Crippen molar-refractivity contribution in [2.24, 2.45) is 5.73 Å². The number of hydrogen-bond acceptors (Lipinski definition) is 5. The summed E-state index contributed by atoms with van der Waals surface area (Å²) in [6, 6.07) is 5.04. The van der Waals surface area contributed by atoms with Gasteiger partial charge in [-0.2, -0.15) is 0 Å². The summed E-state index contributed by atoms with van der Waals surface area (Å²) >= 11 is 2.64. The fourth-order valence-electron chi connectivity index (χ4n) is 1.54. The molecule has 2 atom stereocenters. The summed E-state index contributed by atoms with van der Waals surface area (Å²) < 4.78 is 0. The van der Waals surface area contributed by atoms with Gasteiger partial charge in [0, 0.05) is 9.75 Å². The first-order valence-electron chi connectivity index (χ1n) is 5.45. The Morgan fingerprint density at radius 3 is 2.21 bits per heavy atom. The first-order chi connectivity index (χ1) is 9.09. The number of carboxylic acid groups (broad SMARTS) is 1. The van der Waals surface area contributed by atoms with Crippen LogP contribution in [0.25, 0.3) is 0 Å². The Morgan fingerprint density at radius 2 is 1.74 bits per heavy atom. The van der Waals surface area contributed by atoms with Crippen molar-refractivity contribution in [3.8, 4) is 0 Å². The van der Waals surface area contributed by atoms with Crippen molar-refractivity contribution in [3.05, 3.63) is 44.8 Å². The van der Waals surface area contributed by atoms with Gasteiger partial charge in [-0.3, -0.25) is 4.79 Å². The van der Waals surface area contributed by atoms with E-state index in [1.807, 2.05) is 5.38 Å². The molecule has 0 fully saturated rings. The Hall–Kier alpha value is -1.70. The van der Waals surface area contributed by atoms with Crippen LogP contribution >= 0.6 is 22.7 Å². The molecule has 0 aliphatic rings. The van der Waals surface area contributed by atoms with Crippen molar-refractivity contribution in [2.45, 2.75) is 12.1 Å². The molecule has 0 spiro atoms. The van der Waals surface area contributed by atoms with Crippen LogP contribution in [0.15, 0.2) is 35.0 Å². The second-order valence-electron chi connectivity index (χ2n) is 3.79. The second kappa shape index (κ2) is 5.96. The van der Waals surface area contributed by atoms with Gasteiger partial charge in [0.1, 0.15) is 6.04 Å². The Balaban J connectivity index is 2.10. The van der Waals surface area contributed by atoms with Gasteiger partial charge in [0.2, 0.25) is 5.91 Å². The molecule has 5 nitrogen and oxygen atoms in total. The minimum Gasteiger partial charge on any atom is -0.479 e. The molecular weight excluding hydrogens is 284 g/mol. The van der Waals surface area contributed by atoms with E-state index in [4.69, 9.17) is 10.8 Å². The van der Waals surface area contributed by atoms with Gasteiger partial charge in [-0.05, 0) is 22.9 Å². The highest BCUT2D eigenvalue weighted by Gasteiger charge is 2.26. The standard InChI is InChI=1S/C12H12N2O3S2/c13-9(7-3-1-5-18-7)11(15)14-10(12(16)17)8-4-2-6-19-8/h1-6,9-10H,13H2,(H,14,15)(H,16,17). The molecule has 2 unspecified atom stereocenters. The van der Waals surface area contributed by atoms with Gasteiger partial charge in [0.25, 0.3) is 0 Å². The van der Waals surface area contributed by atoms with Crippen molar-refractivity contribution in [2.75, 3.05) is 0 Å². The van der Waals surface area contributed by atoms with E-state index in [0.29, 0.717) is 9.75 Å². The average molecular weight is 296 g/mol. The minimum absolute atomic E-state index is 0.497. The molecule has 2 aromatic heterocycles. The molecule has 0 aromatic carbocycles. The normalized spacial score (nSPS) is 13.7. The lowest BCUT2D eigenvalue weighted by Crippen LogP contribution is -2.39. The molecule has 2 rings (SSSR count). The molecule has 0 aliphatic carbocycles. The molecule has 2 aromatic rings. The molecule has 4 N–H and O–H groups in total. The van der Waals surface area contributed by atoms with Gasteiger partial charge < -0.3 is 16.2 Å². The fraction of sp³-hybridized carbons (Fsp3) is 0.167. The van der Waals surface area contributed by atoms with E-state index >= 15 is 0 Å². The van der Waals surface area contributed by atoms with Crippen LogP contribution in [0.5, 0.6) is 0 Å². The second-order valence-corrected chi connectivity index (χ2v) is 5.75. The number of hydrogen-bond donors (Lipinski definition) is 3. The third-order valence-electron chi connectivity index (χ3n) is 2.49. The van der Waals surface area contributed by atoms with E-state index in [-0.39, 0.29) is 0 Å². The Labute approximate surface area is 117 Å². The number of amides is 1. The molecule has 0 radical (unpaired) electrons. The number of carbonyl (C=O) groups excluding carboxylic acids is 1. The predicted molar refractivity (Wildman–Crippen MR) is 74.1 cm³/mol. The third-order valence-corrected chi connectivity index (χ3v) is 4.39. The van der Waals surface area contributed by atoms with Gasteiger partial charge in [-0.25, -0.2) is 4.79 Å². The maximum Gasteiger partial charge on any atom is 0.331 e. The average Bonchev–Trinajstić information content (AvgIpc) is 3.06. The number of thiophene rings is 2. The van der Waals surface area contributed by atoms with Crippen molar-refractivity contribution < 1.29 is 14.7 Å². The maximum atomic E-state index is 12.0. The topological polar surface area (TPSA) is 92.4 Å². The van der Waals surface area contributed by atoms with Crippen LogP contribution in [-0.2, 0) is 9.59 Å². The predicted octanol–water partition coefficient (Wildman–Crippen LogP) is 1.75. The summed E-state index contributed by atoms with van der Waals surface area (Å²) in [7, 11) is 0. The zero-order valence-corrected chi connectivity index (χ0v) is 11.4. The van der Waals surface area contributed by atoms with Crippen LogP contribution in [0, 0.1) is 0 Å². The summed E-state index contributed by atoms with van der Waals surface area (Å²) in [5.41, 5.74) is 5.79. The van der Waals surface area contributed by atoms with Crippen molar-refractivity contribution in [1.82, 2.24) is 5.32 Å².